The van der Waals surface area contributed by atoms with Gasteiger partial charge in [-0.25, -0.2) is 4.98 Å². The Morgan fingerprint density at radius 1 is 1.37 bits per heavy atom. The average Bonchev–Trinajstić information content (AvgIpc) is 3.31. The Labute approximate surface area is 189 Å². The molecule has 0 N–H and O–H groups in total. The lowest BCUT2D eigenvalue weighted by molar-refractivity contribution is 0.0391. The standard InChI is InChI=1S/C19H22ClN5O3S.ClH/c1-23-12-14(17(22-23)27-2)18(26)25(6-5-24-7-9-28-10-8-24)19-21-15-4-3-13(20)11-16(15)29-19;/h3-4,11-12H,5-10H2,1-2H3;1H. The van der Waals surface area contributed by atoms with Crippen LogP contribution in [0.1, 0.15) is 10.4 Å². The van der Waals surface area contributed by atoms with Crippen LogP contribution >= 0.6 is 35.3 Å². The molecule has 0 saturated carbocycles. The van der Waals surface area contributed by atoms with Crippen LogP contribution in [0.2, 0.25) is 5.02 Å². The molecule has 0 bridgehead atoms. The number of ether oxygens (including phenoxy) is 2. The van der Waals surface area contributed by atoms with E-state index in [0.717, 1.165) is 29.9 Å². The van der Waals surface area contributed by atoms with Gasteiger partial charge in [0.2, 0.25) is 5.88 Å². The Morgan fingerprint density at radius 2 is 2.13 bits per heavy atom. The van der Waals surface area contributed by atoms with Gasteiger partial charge in [-0.05, 0) is 18.2 Å². The van der Waals surface area contributed by atoms with Crippen molar-refractivity contribution in [3.63, 3.8) is 0 Å². The summed E-state index contributed by atoms with van der Waals surface area (Å²) in [4.78, 5) is 22.1. The molecule has 0 unspecified atom stereocenters. The Hall–Kier alpha value is -1.91. The molecule has 8 nitrogen and oxygen atoms in total. The van der Waals surface area contributed by atoms with E-state index in [1.807, 2.05) is 12.1 Å². The number of nitrogens with zero attached hydrogens (tertiary/aromatic N) is 5. The van der Waals surface area contributed by atoms with Gasteiger partial charge in [0.1, 0.15) is 5.56 Å². The van der Waals surface area contributed by atoms with Crippen molar-refractivity contribution in [2.75, 3.05) is 51.4 Å². The maximum atomic E-state index is 13.4. The van der Waals surface area contributed by atoms with Gasteiger partial charge in [-0.3, -0.25) is 19.3 Å². The van der Waals surface area contributed by atoms with Gasteiger partial charge in [0.25, 0.3) is 5.91 Å². The van der Waals surface area contributed by atoms with Crippen molar-refractivity contribution in [3.8, 4) is 5.88 Å². The number of morpholine rings is 1. The Morgan fingerprint density at radius 3 is 2.87 bits per heavy atom. The lowest BCUT2D eigenvalue weighted by atomic mass is 10.3. The SMILES string of the molecule is COc1nn(C)cc1C(=O)N(CCN1CCOCC1)c1nc2ccc(Cl)cc2s1.Cl. The van der Waals surface area contributed by atoms with Gasteiger partial charge < -0.3 is 9.47 Å². The highest BCUT2D eigenvalue weighted by Crippen LogP contribution is 2.32. The number of aromatic nitrogens is 3. The van der Waals surface area contributed by atoms with Crippen LogP contribution in [0.25, 0.3) is 10.2 Å². The Bertz CT molecular complexity index is 1020. The van der Waals surface area contributed by atoms with Crippen molar-refractivity contribution in [2.45, 2.75) is 0 Å². The molecule has 0 radical (unpaired) electrons. The van der Waals surface area contributed by atoms with Crippen LogP contribution in [-0.4, -0.2) is 72.1 Å². The Balaban J connectivity index is 0.00000256. The van der Waals surface area contributed by atoms with Crippen molar-refractivity contribution < 1.29 is 14.3 Å². The van der Waals surface area contributed by atoms with E-state index < -0.39 is 0 Å². The van der Waals surface area contributed by atoms with Gasteiger partial charge in [-0.2, -0.15) is 0 Å². The number of thiazole rings is 1. The van der Waals surface area contributed by atoms with Gasteiger partial charge in [0.05, 0.1) is 30.5 Å². The van der Waals surface area contributed by atoms with Gasteiger partial charge >= 0.3 is 0 Å². The molecule has 3 aromatic rings. The number of carbonyl (C=O) groups excluding carboxylic acids is 1. The zero-order valence-electron chi connectivity index (χ0n) is 16.7. The molecule has 1 aromatic carbocycles. The molecule has 3 heterocycles. The summed E-state index contributed by atoms with van der Waals surface area (Å²) in [7, 11) is 3.27. The third-order valence-corrected chi connectivity index (χ3v) is 6.05. The second-order valence-electron chi connectivity index (χ2n) is 6.75. The second kappa shape index (κ2) is 9.93. The lowest BCUT2D eigenvalue weighted by Gasteiger charge is -2.29. The number of fused-ring (bicyclic) bond motifs is 1. The molecule has 0 spiro atoms. The molecule has 4 rings (SSSR count). The number of halogens is 2. The van der Waals surface area contributed by atoms with Crippen LogP contribution in [0.4, 0.5) is 5.13 Å². The van der Waals surface area contributed by atoms with E-state index in [-0.39, 0.29) is 18.3 Å². The van der Waals surface area contributed by atoms with E-state index in [4.69, 9.17) is 21.1 Å². The number of rotatable bonds is 6. The van der Waals surface area contributed by atoms with Crippen LogP contribution in [0, 0.1) is 0 Å². The number of carbonyl (C=O) groups is 1. The highest BCUT2D eigenvalue weighted by atomic mass is 35.5. The molecule has 11 heteroatoms. The fraction of sp³-hybridized carbons (Fsp3) is 0.421. The van der Waals surface area contributed by atoms with Gasteiger partial charge in [0.15, 0.2) is 5.13 Å². The second-order valence-corrected chi connectivity index (χ2v) is 8.19. The lowest BCUT2D eigenvalue weighted by Crippen LogP contribution is -2.43. The van der Waals surface area contributed by atoms with Gasteiger partial charge in [-0.15, -0.1) is 17.5 Å². The third kappa shape index (κ3) is 4.87. The highest BCUT2D eigenvalue weighted by Gasteiger charge is 2.27. The topological polar surface area (TPSA) is 72.7 Å². The maximum absolute atomic E-state index is 13.4. The number of benzene rings is 1. The molecule has 1 fully saturated rings. The fourth-order valence-corrected chi connectivity index (χ4v) is 4.53. The fourth-order valence-electron chi connectivity index (χ4n) is 3.26. The first-order chi connectivity index (χ1) is 14.0. The molecule has 30 heavy (non-hydrogen) atoms. The zero-order valence-corrected chi connectivity index (χ0v) is 19.1. The summed E-state index contributed by atoms with van der Waals surface area (Å²) < 4.78 is 13.2. The molecular formula is C19H23Cl2N5O3S. The Kier molecular flexibility index (Phi) is 7.54. The van der Waals surface area contributed by atoms with E-state index in [2.05, 4.69) is 15.0 Å². The van der Waals surface area contributed by atoms with Crippen LogP contribution in [0.3, 0.4) is 0 Å². The van der Waals surface area contributed by atoms with E-state index in [1.165, 1.54) is 18.4 Å². The molecule has 1 aliphatic rings. The summed E-state index contributed by atoms with van der Waals surface area (Å²) in [5.74, 6) is 0.117. The molecule has 162 valence electrons. The van der Waals surface area contributed by atoms with Crippen molar-refractivity contribution in [1.29, 1.82) is 0 Å². The van der Waals surface area contributed by atoms with Crippen molar-refractivity contribution in [1.82, 2.24) is 19.7 Å². The molecule has 1 aliphatic heterocycles. The number of aryl methyl sites for hydroxylation is 1. The minimum Gasteiger partial charge on any atom is -0.479 e. The first-order valence-electron chi connectivity index (χ1n) is 9.31. The minimum atomic E-state index is -0.187. The summed E-state index contributed by atoms with van der Waals surface area (Å²) in [6, 6.07) is 5.54. The molecule has 0 atom stereocenters. The highest BCUT2D eigenvalue weighted by molar-refractivity contribution is 7.22. The van der Waals surface area contributed by atoms with Crippen LogP contribution in [0.5, 0.6) is 5.88 Å². The quantitative estimate of drug-likeness (QED) is 0.549. The number of methoxy groups -OCH3 is 1. The maximum Gasteiger partial charge on any atom is 0.267 e. The van der Waals surface area contributed by atoms with Crippen LogP contribution in [0.15, 0.2) is 24.4 Å². The first kappa shape index (κ1) is 22.8. The van der Waals surface area contributed by atoms with Crippen LogP contribution in [-0.2, 0) is 11.8 Å². The van der Waals surface area contributed by atoms with E-state index >= 15 is 0 Å². The van der Waals surface area contributed by atoms with Gasteiger partial charge in [-0.1, -0.05) is 22.9 Å². The predicted octanol–water partition coefficient (Wildman–Crippen LogP) is 3.09. The van der Waals surface area contributed by atoms with E-state index in [9.17, 15) is 4.79 Å². The molecule has 0 aliphatic carbocycles. The van der Waals surface area contributed by atoms with Crippen molar-refractivity contribution >= 4 is 56.6 Å². The summed E-state index contributed by atoms with van der Waals surface area (Å²) in [6.07, 6.45) is 1.67. The normalized spacial score (nSPS) is 14.5. The average molecular weight is 472 g/mol. The minimum absolute atomic E-state index is 0. The molecule has 1 amide bonds. The largest absolute Gasteiger partial charge is 0.479 e. The first-order valence-corrected chi connectivity index (χ1v) is 10.5. The number of hydrogen-bond donors (Lipinski definition) is 0. The zero-order chi connectivity index (χ0) is 20.4. The number of hydrogen-bond acceptors (Lipinski definition) is 7. The molecule has 2 aromatic heterocycles. The van der Waals surface area contributed by atoms with E-state index in [1.54, 1.807) is 28.9 Å². The smallest absolute Gasteiger partial charge is 0.267 e. The summed E-state index contributed by atoms with van der Waals surface area (Å²) >= 11 is 7.57. The van der Waals surface area contributed by atoms with Gasteiger partial charge in [0, 0.05) is 44.4 Å². The summed E-state index contributed by atoms with van der Waals surface area (Å²) in [6.45, 7) is 4.37. The molecule has 1 saturated heterocycles. The third-order valence-electron chi connectivity index (χ3n) is 4.78. The van der Waals surface area contributed by atoms with Crippen molar-refractivity contribution in [2.24, 2.45) is 7.05 Å². The number of anilines is 1. The van der Waals surface area contributed by atoms with Crippen LogP contribution < -0.4 is 9.64 Å². The van der Waals surface area contributed by atoms with Crippen molar-refractivity contribution in [3.05, 3.63) is 35.0 Å². The monoisotopic (exact) mass is 471 g/mol. The summed E-state index contributed by atoms with van der Waals surface area (Å²) in [5, 5.41) is 5.49. The summed E-state index contributed by atoms with van der Waals surface area (Å²) in [5.41, 5.74) is 1.23. The molecular weight excluding hydrogens is 449 g/mol. The predicted molar refractivity (Wildman–Crippen MR) is 121 cm³/mol. The number of amides is 1. The van der Waals surface area contributed by atoms with E-state index in [0.29, 0.717) is 41.4 Å².